The summed E-state index contributed by atoms with van der Waals surface area (Å²) in [5.41, 5.74) is 0.0306. The molecule has 0 spiro atoms. The fraction of sp³-hybridized carbons (Fsp3) is 0.625. The minimum atomic E-state index is -0.310. The number of carbonyl (C=O) groups excluding carboxylic acids is 1. The van der Waals surface area contributed by atoms with E-state index >= 15 is 0 Å². The number of thioether (sulfide) groups is 2. The van der Waals surface area contributed by atoms with E-state index < -0.39 is 0 Å². The lowest BCUT2D eigenvalue weighted by molar-refractivity contribution is -0.138. The third-order valence-corrected chi connectivity index (χ3v) is 3.89. The molecule has 1 fully saturated rings. The fourth-order valence-electron chi connectivity index (χ4n) is 0.849. The quantitative estimate of drug-likeness (QED) is 0.507. The molecule has 0 N–H and O–H groups in total. The molecule has 1 aliphatic rings. The standard InChI is InChI=1S/C8H12O2S2/c1-2-7(9)10-8-6-11-4-3-5-12-8/h2,8H,1,3-6H2. The predicted molar refractivity (Wildman–Crippen MR) is 54.5 cm³/mol. The Bertz CT molecular complexity index is 162. The first-order chi connectivity index (χ1) is 5.83. The summed E-state index contributed by atoms with van der Waals surface area (Å²) in [7, 11) is 0. The van der Waals surface area contributed by atoms with Crippen LogP contribution in [-0.4, -0.2) is 28.7 Å². The first-order valence-electron chi connectivity index (χ1n) is 3.85. The van der Waals surface area contributed by atoms with Gasteiger partial charge in [0.05, 0.1) is 0 Å². The molecule has 68 valence electrons. The molecule has 0 bridgehead atoms. The summed E-state index contributed by atoms with van der Waals surface area (Å²) >= 11 is 3.56. The van der Waals surface area contributed by atoms with Gasteiger partial charge in [0.1, 0.15) is 0 Å². The number of hydrogen-bond acceptors (Lipinski definition) is 4. The lowest BCUT2D eigenvalue weighted by atomic mass is 10.6. The summed E-state index contributed by atoms with van der Waals surface area (Å²) in [6, 6.07) is 0. The van der Waals surface area contributed by atoms with Crippen molar-refractivity contribution >= 4 is 29.5 Å². The number of esters is 1. The van der Waals surface area contributed by atoms with Gasteiger partial charge < -0.3 is 4.74 Å². The molecule has 12 heavy (non-hydrogen) atoms. The molecular weight excluding hydrogens is 192 g/mol. The van der Waals surface area contributed by atoms with Crippen LogP contribution in [0, 0.1) is 0 Å². The Balaban J connectivity index is 2.29. The number of hydrogen-bond donors (Lipinski definition) is 0. The fourth-order valence-corrected chi connectivity index (χ4v) is 3.22. The first kappa shape index (κ1) is 9.99. The zero-order valence-electron chi connectivity index (χ0n) is 6.82. The second-order valence-electron chi connectivity index (χ2n) is 2.37. The van der Waals surface area contributed by atoms with Crippen molar-refractivity contribution in [2.75, 3.05) is 17.3 Å². The third kappa shape index (κ3) is 3.54. The minimum Gasteiger partial charge on any atom is -0.447 e. The maximum atomic E-state index is 10.8. The van der Waals surface area contributed by atoms with Crippen LogP contribution >= 0.6 is 23.5 Å². The van der Waals surface area contributed by atoms with Crippen molar-refractivity contribution < 1.29 is 9.53 Å². The van der Waals surface area contributed by atoms with Gasteiger partial charge in [-0.25, -0.2) is 4.79 Å². The first-order valence-corrected chi connectivity index (χ1v) is 6.05. The third-order valence-electron chi connectivity index (χ3n) is 1.40. The average Bonchev–Trinajstić information content (AvgIpc) is 2.33. The van der Waals surface area contributed by atoms with Crippen molar-refractivity contribution in [3.63, 3.8) is 0 Å². The second-order valence-corrected chi connectivity index (χ2v) is 4.79. The van der Waals surface area contributed by atoms with Crippen molar-refractivity contribution in [2.24, 2.45) is 0 Å². The summed E-state index contributed by atoms with van der Waals surface area (Å²) in [6.45, 7) is 3.36. The highest BCUT2D eigenvalue weighted by molar-refractivity contribution is 8.03. The lowest BCUT2D eigenvalue weighted by Crippen LogP contribution is -2.15. The highest BCUT2D eigenvalue weighted by Crippen LogP contribution is 2.24. The summed E-state index contributed by atoms with van der Waals surface area (Å²) in [5, 5.41) is 0. The topological polar surface area (TPSA) is 26.3 Å². The van der Waals surface area contributed by atoms with E-state index in [4.69, 9.17) is 4.74 Å². The Hall–Kier alpha value is -0.0900. The van der Waals surface area contributed by atoms with Crippen molar-refractivity contribution in [1.82, 2.24) is 0 Å². The van der Waals surface area contributed by atoms with Gasteiger partial charge in [0.2, 0.25) is 0 Å². The zero-order valence-corrected chi connectivity index (χ0v) is 8.46. The number of carbonyl (C=O) groups is 1. The van der Waals surface area contributed by atoms with E-state index in [1.807, 2.05) is 11.8 Å². The van der Waals surface area contributed by atoms with Crippen LogP contribution < -0.4 is 0 Å². The maximum absolute atomic E-state index is 10.8. The second kappa shape index (κ2) is 5.54. The van der Waals surface area contributed by atoms with Crippen molar-refractivity contribution in [2.45, 2.75) is 11.9 Å². The minimum absolute atomic E-state index is 0.0306. The average molecular weight is 204 g/mol. The Kier molecular flexibility index (Phi) is 4.61. The van der Waals surface area contributed by atoms with Gasteiger partial charge >= 0.3 is 5.97 Å². The molecule has 2 nitrogen and oxygen atoms in total. The van der Waals surface area contributed by atoms with E-state index in [2.05, 4.69) is 6.58 Å². The van der Waals surface area contributed by atoms with Gasteiger partial charge in [-0.2, -0.15) is 11.8 Å². The van der Waals surface area contributed by atoms with Gasteiger partial charge in [0.15, 0.2) is 5.44 Å². The highest BCUT2D eigenvalue weighted by atomic mass is 32.2. The maximum Gasteiger partial charge on any atom is 0.331 e. The molecule has 1 heterocycles. The molecule has 0 aromatic heterocycles. The van der Waals surface area contributed by atoms with Gasteiger partial charge in [0.25, 0.3) is 0 Å². The SMILES string of the molecule is C=CC(=O)OC1CSCCCS1. The van der Waals surface area contributed by atoms with E-state index in [1.54, 1.807) is 11.8 Å². The predicted octanol–water partition coefficient (Wildman–Crippen LogP) is 1.91. The number of ether oxygens (including phenoxy) is 1. The van der Waals surface area contributed by atoms with Crippen molar-refractivity contribution in [1.29, 1.82) is 0 Å². The number of rotatable bonds is 2. The summed E-state index contributed by atoms with van der Waals surface area (Å²) in [4.78, 5) is 10.8. The normalized spacial score (nSPS) is 24.2. The van der Waals surface area contributed by atoms with Gasteiger partial charge in [-0.3, -0.25) is 0 Å². The largest absolute Gasteiger partial charge is 0.447 e. The lowest BCUT2D eigenvalue weighted by Gasteiger charge is -2.12. The van der Waals surface area contributed by atoms with Crippen LogP contribution in [0.2, 0.25) is 0 Å². The van der Waals surface area contributed by atoms with Crippen LogP contribution in [0.25, 0.3) is 0 Å². The van der Waals surface area contributed by atoms with Gasteiger partial charge in [-0.15, -0.1) is 11.8 Å². The Labute approximate surface area is 81.1 Å². The van der Waals surface area contributed by atoms with Gasteiger partial charge in [-0.05, 0) is 17.9 Å². The molecule has 0 aliphatic carbocycles. The molecule has 0 aromatic carbocycles. The van der Waals surface area contributed by atoms with Crippen LogP contribution in [0.3, 0.4) is 0 Å². The Morgan fingerprint density at radius 2 is 2.42 bits per heavy atom. The van der Waals surface area contributed by atoms with E-state index in [0.29, 0.717) is 0 Å². The molecule has 1 rings (SSSR count). The molecule has 0 aromatic rings. The molecule has 1 saturated heterocycles. The van der Waals surface area contributed by atoms with Crippen LogP contribution in [0.15, 0.2) is 12.7 Å². The molecule has 4 heteroatoms. The summed E-state index contributed by atoms with van der Waals surface area (Å²) < 4.78 is 5.11. The molecular formula is C8H12O2S2. The smallest absolute Gasteiger partial charge is 0.331 e. The van der Waals surface area contributed by atoms with Crippen molar-refractivity contribution in [3.8, 4) is 0 Å². The van der Waals surface area contributed by atoms with Crippen LogP contribution in [0.4, 0.5) is 0 Å². The molecule has 0 saturated carbocycles. The van der Waals surface area contributed by atoms with Crippen LogP contribution in [0.1, 0.15) is 6.42 Å². The summed E-state index contributed by atoms with van der Waals surface area (Å²) in [5.74, 6) is 2.86. The van der Waals surface area contributed by atoms with E-state index in [1.165, 1.54) is 18.2 Å². The van der Waals surface area contributed by atoms with Crippen molar-refractivity contribution in [3.05, 3.63) is 12.7 Å². The monoisotopic (exact) mass is 204 g/mol. The molecule has 1 unspecified atom stereocenters. The van der Waals surface area contributed by atoms with Crippen LogP contribution in [-0.2, 0) is 9.53 Å². The van der Waals surface area contributed by atoms with E-state index in [-0.39, 0.29) is 11.4 Å². The zero-order chi connectivity index (χ0) is 8.81. The Morgan fingerprint density at radius 3 is 3.17 bits per heavy atom. The van der Waals surface area contributed by atoms with Gasteiger partial charge in [0, 0.05) is 11.8 Å². The van der Waals surface area contributed by atoms with Gasteiger partial charge in [-0.1, -0.05) is 6.58 Å². The van der Waals surface area contributed by atoms with E-state index in [9.17, 15) is 4.79 Å². The molecule has 0 amide bonds. The summed E-state index contributed by atoms with van der Waals surface area (Å²) in [6.07, 6.45) is 2.42. The molecule has 1 atom stereocenters. The molecule has 1 aliphatic heterocycles. The van der Waals surface area contributed by atoms with Crippen LogP contribution in [0.5, 0.6) is 0 Å². The molecule has 0 radical (unpaired) electrons. The Morgan fingerprint density at radius 1 is 1.58 bits per heavy atom. The van der Waals surface area contributed by atoms with E-state index in [0.717, 1.165) is 11.5 Å². The highest BCUT2D eigenvalue weighted by Gasteiger charge is 2.15.